The molecule has 0 amide bonds. The van der Waals surface area contributed by atoms with Crippen LogP contribution in [0.2, 0.25) is 0 Å². The third kappa shape index (κ3) is 2.29. The Balaban J connectivity index is 2.20. The predicted molar refractivity (Wildman–Crippen MR) is 68.1 cm³/mol. The molecule has 0 spiro atoms. The third-order valence-corrected chi connectivity index (χ3v) is 5.50. The molecule has 0 aromatic heterocycles. The molecule has 0 bridgehead atoms. The van der Waals surface area contributed by atoms with E-state index in [1.807, 2.05) is 0 Å². The van der Waals surface area contributed by atoms with Crippen LogP contribution in [0.15, 0.2) is 24.3 Å². The summed E-state index contributed by atoms with van der Waals surface area (Å²) in [5, 5.41) is 0. The van der Waals surface area contributed by atoms with Crippen molar-refractivity contribution in [2.45, 2.75) is 24.3 Å². The van der Waals surface area contributed by atoms with Gasteiger partial charge in [-0.3, -0.25) is 0 Å². The van der Waals surface area contributed by atoms with Gasteiger partial charge in [-0.1, -0.05) is 31.2 Å². The first kappa shape index (κ1) is 10.4. The first-order valence-corrected chi connectivity index (χ1v) is 7.32. The lowest BCUT2D eigenvalue weighted by Crippen LogP contribution is -2.02. The van der Waals surface area contributed by atoms with E-state index in [2.05, 4.69) is 54.7 Å². The van der Waals surface area contributed by atoms with Gasteiger partial charge in [-0.25, -0.2) is 0 Å². The summed E-state index contributed by atoms with van der Waals surface area (Å²) in [4.78, 5) is 0. The zero-order chi connectivity index (χ0) is 9.80. The zero-order valence-corrected chi connectivity index (χ0v) is 10.2. The number of thioether (sulfide) groups is 2. The molecule has 14 heavy (non-hydrogen) atoms. The summed E-state index contributed by atoms with van der Waals surface area (Å²) < 4.78 is 0.694. The van der Waals surface area contributed by atoms with Crippen molar-refractivity contribution in [2.24, 2.45) is 0 Å². The molecule has 1 saturated heterocycles. The Morgan fingerprint density at radius 3 is 2.64 bits per heavy atom. The monoisotopic (exact) mass is 224 g/mol. The summed E-state index contributed by atoms with van der Waals surface area (Å²) in [7, 11) is 0. The second-order valence-electron chi connectivity index (χ2n) is 3.48. The van der Waals surface area contributed by atoms with Crippen LogP contribution in [0.1, 0.15) is 29.1 Å². The fourth-order valence-corrected chi connectivity index (χ4v) is 4.77. The molecule has 2 heteroatoms. The molecule has 0 saturated carbocycles. The Morgan fingerprint density at radius 1 is 1.21 bits per heavy atom. The smallest absolute Gasteiger partial charge is 0.0753 e. The Kier molecular flexibility index (Phi) is 3.82. The molecule has 1 fully saturated rings. The second kappa shape index (κ2) is 5.13. The highest BCUT2D eigenvalue weighted by Gasteiger charge is 2.18. The topological polar surface area (TPSA) is 0 Å². The van der Waals surface area contributed by atoms with Gasteiger partial charge in [0, 0.05) is 0 Å². The molecule has 1 aliphatic heterocycles. The molecule has 1 aromatic carbocycles. The van der Waals surface area contributed by atoms with Crippen LogP contribution in [0.4, 0.5) is 0 Å². The summed E-state index contributed by atoms with van der Waals surface area (Å²) in [6.45, 7) is 2.25. The van der Waals surface area contributed by atoms with Gasteiger partial charge < -0.3 is 0 Å². The summed E-state index contributed by atoms with van der Waals surface area (Å²) in [5.74, 6) is 2.66. The van der Waals surface area contributed by atoms with Gasteiger partial charge >= 0.3 is 0 Å². The van der Waals surface area contributed by atoms with Crippen molar-refractivity contribution < 1.29 is 0 Å². The highest BCUT2D eigenvalue weighted by Crippen LogP contribution is 2.44. The molecule has 0 unspecified atom stereocenters. The van der Waals surface area contributed by atoms with E-state index in [-0.39, 0.29) is 0 Å². The fraction of sp³-hybridized carbons (Fsp3) is 0.500. The van der Waals surface area contributed by atoms with Crippen LogP contribution in [0.5, 0.6) is 0 Å². The Bertz CT molecular complexity index is 290. The van der Waals surface area contributed by atoms with E-state index in [9.17, 15) is 0 Å². The second-order valence-corrected chi connectivity index (χ2v) is 6.20. The van der Waals surface area contributed by atoms with Crippen LogP contribution in [-0.2, 0) is 6.42 Å². The number of rotatable bonds is 2. The Morgan fingerprint density at radius 2 is 1.93 bits per heavy atom. The summed E-state index contributed by atoms with van der Waals surface area (Å²) >= 11 is 4.22. The standard InChI is InChI=1S/C12H16S2/c1-2-10-6-3-4-7-11(10)12-13-8-5-9-14-12/h3-4,6-7,12H,2,5,8-9H2,1H3. The van der Waals surface area contributed by atoms with Gasteiger partial charge in [-0.2, -0.15) is 0 Å². The van der Waals surface area contributed by atoms with Crippen LogP contribution in [-0.4, -0.2) is 11.5 Å². The van der Waals surface area contributed by atoms with E-state index in [1.54, 1.807) is 5.56 Å². The molecule has 1 heterocycles. The number of benzene rings is 1. The van der Waals surface area contributed by atoms with Gasteiger partial charge in [0.15, 0.2) is 0 Å². The molecule has 0 aliphatic carbocycles. The van der Waals surface area contributed by atoms with Gasteiger partial charge in [0.05, 0.1) is 4.58 Å². The van der Waals surface area contributed by atoms with Crippen molar-refractivity contribution in [3.05, 3.63) is 35.4 Å². The summed E-state index contributed by atoms with van der Waals surface area (Å²) in [5.41, 5.74) is 3.09. The number of aryl methyl sites for hydroxylation is 1. The molecule has 0 nitrogen and oxygen atoms in total. The highest BCUT2D eigenvalue weighted by atomic mass is 32.2. The van der Waals surface area contributed by atoms with E-state index in [4.69, 9.17) is 0 Å². The van der Waals surface area contributed by atoms with Crippen molar-refractivity contribution >= 4 is 23.5 Å². The largest absolute Gasteiger partial charge is 0.143 e. The van der Waals surface area contributed by atoms with Crippen LogP contribution >= 0.6 is 23.5 Å². The average molecular weight is 224 g/mol. The first-order valence-electron chi connectivity index (χ1n) is 5.23. The third-order valence-electron chi connectivity index (χ3n) is 2.52. The number of hydrogen-bond donors (Lipinski definition) is 0. The highest BCUT2D eigenvalue weighted by molar-refractivity contribution is 8.16. The van der Waals surface area contributed by atoms with E-state index in [0.29, 0.717) is 4.58 Å². The van der Waals surface area contributed by atoms with Crippen molar-refractivity contribution in [2.75, 3.05) is 11.5 Å². The zero-order valence-electron chi connectivity index (χ0n) is 8.53. The van der Waals surface area contributed by atoms with Gasteiger partial charge in [0.1, 0.15) is 0 Å². The maximum atomic E-state index is 2.30. The summed E-state index contributed by atoms with van der Waals surface area (Å²) in [6, 6.07) is 8.89. The lowest BCUT2D eigenvalue weighted by atomic mass is 10.1. The van der Waals surface area contributed by atoms with E-state index < -0.39 is 0 Å². The van der Waals surface area contributed by atoms with Crippen LogP contribution in [0, 0.1) is 0 Å². The minimum absolute atomic E-state index is 0.694. The first-order chi connectivity index (χ1) is 6.92. The number of hydrogen-bond acceptors (Lipinski definition) is 2. The fourth-order valence-electron chi connectivity index (χ4n) is 1.75. The SMILES string of the molecule is CCc1ccccc1C1SCCCS1. The molecule has 0 atom stereocenters. The molecule has 0 N–H and O–H groups in total. The lowest BCUT2D eigenvalue weighted by Gasteiger charge is -2.23. The van der Waals surface area contributed by atoms with Crippen molar-refractivity contribution in [1.29, 1.82) is 0 Å². The predicted octanol–water partition coefficient (Wildman–Crippen LogP) is 4.12. The molecule has 1 aromatic rings. The van der Waals surface area contributed by atoms with Gasteiger partial charge in [0.2, 0.25) is 0 Å². The normalized spacial score (nSPS) is 18.4. The van der Waals surface area contributed by atoms with Crippen molar-refractivity contribution in [1.82, 2.24) is 0 Å². The maximum absolute atomic E-state index is 2.30. The van der Waals surface area contributed by atoms with E-state index in [1.165, 1.54) is 23.5 Å². The minimum atomic E-state index is 0.694. The van der Waals surface area contributed by atoms with Crippen LogP contribution < -0.4 is 0 Å². The maximum Gasteiger partial charge on any atom is 0.0753 e. The molecule has 1 aliphatic rings. The van der Waals surface area contributed by atoms with Crippen LogP contribution in [0.3, 0.4) is 0 Å². The van der Waals surface area contributed by atoms with Crippen LogP contribution in [0.25, 0.3) is 0 Å². The van der Waals surface area contributed by atoms with Crippen molar-refractivity contribution in [3.8, 4) is 0 Å². The minimum Gasteiger partial charge on any atom is -0.143 e. The molecule has 76 valence electrons. The van der Waals surface area contributed by atoms with Gasteiger partial charge in [0.25, 0.3) is 0 Å². The van der Waals surface area contributed by atoms with Crippen molar-refractivity contribution in [3.63, 3.8) is 0 Å². The molecular weight excluding hydrogens is 208 g/mol. The molecule has 0 radical (unpaired) electrons. The molecule has 2 rings (SSSR count). The van der Waals surface area contributed by atoms with E-state index >= 15 is 0 Å². The van der Waals surface area contributed by atoms with E-state index in [0.717, 1.165) is 6.42 Å². The van der Waals surface area contributed by atoms with Gasteiger partial charge in [-0.15, -0.1) is 23.5 Å². The molecular formula is C12H16S2. The average Bonchev–Trinajstić information content (AvgIpc) is 2.30. The Labute approximate surface area is 94.9 Å². The quantitative estimate of drug-likeness (QED) is 0.741. The Hall–Kier alpha value is -0.0800. The lowest BCUT2D eigenvalue weighted by molar-refractivity contribution is 1.07. The van der Waals surface area contributed by atoms with Gasteiger partial charge in [-0.05, 0) is 35.5 Å². The summed E-state index contributed by atoms with van der Waals surface area (Å²) in [6.07, 6.45) is 2.54.